The van der Waals surface area contributed by atoms with Gasteiger partial charge in [0.2, 0.25) is 0 Å². The summed E-state index contributed by atoms with van der Waals surface area (Å²) in [5.41, 5.74) is 1.23. The number of hydrogen-bond donors (Lipinski definition) is 0. The molecule has 58 valence electrons. The van der Waals surface area contributed by atoms with Crippen molar-refractivity contribution in [2.75, 3.05) is 0 Å². The molecule has 0 N–H and O–H groups in total. The van der Waals surface area contributed by atoms with Crippen molar-refractivity contribution in [3.63, 3.8) is 0 Å². The minimum atomic E-state index is 0.309. The first-order chi connectivity index (χ1) is 5.25. The van der Waals surface area contributed by atoms with Crippen molar-refractivity contribution >= 4 is 11.6 Å². The topological polar surface area (TPSA) is 9.23 Å². The molecule has 2 rings (SSSR count). The molecule has 1 unspecified atom stereocenters. The van der Waals surface area contributed by atoms with Crippen LogP contribution in [0.15, 0.2) is 18.2 Å². The van der Waals surface area contributed by atoms with E-state index in [4.69, 9.17) is 16.3 Å². The Balaban J connectivity index is 2.43. The second kappa shape index (κ2) is 2.42. The monoisotopic (exact) mass is 168 g/mol. The van der Waals surface area contributed by atoms with Gasteiger partial charge in [0.1, 0.15) is 11.9 Å². The summed E-state index contributed by atoms with van der Waals surface area (Å²) in [6, 6.07) is 5.76. The van der Waals surface area contributed by atoms with Crippen molar-refractivity contribution in [1.82, 2.24) is 0 Å². The average Bonchev–Trinajstić information content (AvgIpc) is 2.27. The highest BCUT2D eigenvalue weighted by molar-refractivity contribution is 6.30. The van der Waals surface area contributed by atoms with E-state index >= 15 is 0 Å². The lowest BCUT2D eigenvalue weighted by Gasteiger charge is -2.00. The number of halogens is 1. The maximum atomic E-state index is 5.82. The first kappa shape index (κ1) is 6.99. The predicted octanol–water partition coefficient (Wildman–Crippen LogP) is 2.66. The quantitative estimate of drug-likeness (QED) is 0.579. The van der Waals surface area contributed by atoms with Gasteiger partial charge in [0.25, 0.3) is 0 Å². The van der Waals surface area contributed by atoms with Gasteiger partial charge < -0.3 is 4.74 Å². The molecular weight excluding hydrogens is 160 g/mol. The number of benzene rings is 1. The fourth-order valence-electron chi connectivity index (χ4n) is 1.39. The summed E-state index contributed by atoms with van der Waals surface area (Å²) < 4.78 is 5.50. The van der Waals surface area contributed by atoms with Crippen LogP contribution < -0.4 is 4.74 Å². The van der Waals surface area contributed by atoms with Crippen LogP contribution in [0, 0.1) is 0 Å². The van der Waals surface area contributed by atoms with Crippen molar-refractivity contribution in [2.45, 2.75) is 19.4 Å². The van der Waals surface area contributed by atoms with Crippen molar-refractivity contribution in [3.05, 3.63) is 28.8 Å². The Morgan fingerprint density at radius 2 is 2.36 bits per heavy atom. The molecule has 0 fully saturated rings. The SMILES string of the molecule is CC1Cc2cc(Cl)ccc2O1. The van der Waals surface area contributed by atoms with Crippen molar-refractivity contribution in [2.24, 2.45) is 0 Å². The van der Waals surface area contributed by atoms with Crippen LogP contribution in [0.5, 0.6) is 5.75 Å². The molecule has 1 atom stereocenters. The zero-order valence-electron chi connectivity index (χ0n) is 6.30. The van der Waals surface area contributed by atoms with Gasteiger partial charge in [-0.1, -0.05) is 11.6 Å². The zero-order valence-corrected chi connectivity index (χ0v) is 7.06. The van der Waals surface area contributed by atoms with Crippen molar-refractivity contribution < 1.29 is 4.74 Å². The summed E-state index contributed by atoms with van der Waals surface area (Å²) in [6.45, 7) is 2.06. The van der Waals surface area contributed by atoms with E-state index in [1.54, 1.807) is 0 Å². The van der Waals surface area contributed by atoms with E-state index in [-0.39, 0.29) is 0 Å². The Morgan fingerprint density at radius 3 is 3.18 bits per heavy atom. The third kappa shape index (κ3) is 1.21. The molecule has 0 radical (unpaired) electrons. The van der Waals surface area contributed by atoms with E-state index < -0.39 is 0 Å². The van der Waals surface area contributed by atoms with Crippen molar-refractivity contribution in [1.29, 1.82) is 0 Å². The van der Waals surface area contributed by atoms with Crippen LogP contribution in [0.4, 0.5) is 0 Å². The lowest BCUT2D eigenvalue weighted by atomic mass is 10.1. The summed E-state index contributed by atoms with van der Waals surface area (Å²) >= 11 is 5.82. The van der Waals surface area contributed by atoms with E-state index in [1.807, 2.05) is 18.2 Å². The standard InChI is InChI=1S/C9H9ClO/c1-6-4-7-5-8(10)2-3-9(7)11-6/h2-3,5-6H,4H2,1H3. The van der Waals surface area contributed by atoms with E-state index in [2.05, 4.69) is 6.92 Å². The average molecular weight is 169 g/mol. The van der Waals surface area contributed by atoms with Gasteiger partial charge in [0.15, 0.2) is 0 Å². The molecule has 2 heteroatoms. The Labute approximate surface area is 70.9 Å². The summed E-state index contributed by atoms with van der Waals surface area (Å²) in [5.74, 6) is 0.988. The smallest absolute Gasteiger partial charge is 0.123 e. The third-order valence-corrected chi connectivity index (χ3v) is 2.09. The zero-order chi connectivity index (χ0) is 7.84. The molecule has 0 saturated heterocycles. The minimum absolute atomic E-state index is 0.309. The molecule has 0 saturated carbocycles. The number of ether oxygens (including phenoxy) is 1. The summed E-state index contributed by atoms with van der Waals surface area (Å²) in [6.07, 6.45) is 1.29. The number of rotatable bonds is 0. The first-order valence-corrected chi connectivity index (χ1v) is 4.08. The van der Waals surface area contributed by atoms with Gasteiger partial charge in [0.05, 0.1) is 0 Å². The van der Waals surface area contributed by atoms with E-state index in [1.165, 1.54) is 5.56 Å². The highest BCUT2D eigenvalue weighted by atomic mass is 35.5. The normalized spacial score (nSPS) is 21.1. The van der Waals surface area contributed by atoms with E-state index in [0.29, 0.717) is 6.10 Å². The van der Waals surface area contributed by atoms with Gasteiger partial charge in [-0.3, -0.25) is 0 Å². The van der Waals surface area contributed by atoms with Gasteiger partial charge in [-0.15, -0.1) is 0 Å². The molecule has 1 aromatic carbocycles. The van der Waals surface area contributed by atoms with Crippen LogP contribution in [-0.4, -0.2) is 6.10 Å². The fraction of sp³-hybridized carbons (Fsp3) is 0.333. The molecule has 0 amide bonds. The molecule has 1 aliphatic heterocycles. The van der Waals surface area contributed by atoms with Gasteiger partial charge in [0, 0.05) is 11.4 Å². The van der Waals surface area contributed by atoms with Crippen LogP contribution >= 0.6 is 11.6 Å². The molecule has 0 bridgehead atoms. The van der Waals surface area contributed by atoms with Crippen LogP contribution in [0.3, 0.4) is 0 Å². The Bertz CT molecular complexity index is 283. The van der Waals surface area contributed by atoms with Gasteiger partial charge in [-0.2, -0.15) is 0 Å². The van der Waals surface area contributed by atoms with Gasteiger partial charge >= 0.3 is 0 Å². The van der Waals surface area contributed by atoms with Crippen LogP contribution in [0.25, 0.3) is 0 Å². The Kier molecular flexibility index (Phi) is 1.53. The van der Waals surface area contributed by atoms with Crippen LogP contribution in [0.1, 0.15) is 12.5 Å². The molecule has 0 aliphatic carbocycles. The van der Waals surface area contributed by atoms with Gasteiger partial charge in [-0.25, -0.2) is 0 Å². The fourth-order valence-corrected chi connectivity index (χ4v) is 1.59. The molecular formula is C9H9ClO. The minimum Gasteiger partial charge on any atom is -0.490 e. The van der Waals surface area contributed by atoms with Crippen molar-refractivity contribution in [3.8, 4) is 5.75 Å². The Morgan fingerprint density at radius 1 is 1.55 bits per heavy atom. The molecule has 1 aliphatic rings. The lowest BCUT2D eigenvalue weighted by molar-refractivity contribution is 0.254. The summed E-state index contributed by atoms with van der Waals surface area (Å²) in [4.78, 5) is 0. The third-order valence-electron chi connectivity index (χ3n) is 1.86. The Hall–Kier alpha value is -0.690. The maximum absolute atomic E-state index is 5.82. The number of hydrogen-bond acceptors (Lipinski definition) is 1. The van der Waals surface area contributed by atoms with Gasteiger partial charge in [-0.05, 0) is 30.7 Å². The molecule has 1 nitrogen and oxygen atoms in total. The molecule has 0 aromatic heterocycles. The highest BCUT2D eigenvalue weighted by Gasteiger charge is 2.18. The second-order valence-electron chi connectivity index (χ2n) is 2.88. The van der Waals surface area contributed by atoms with E-state index in [9.17, 15) is 0 Å². The van der Waals surface area contributed by atoms with Crippen LogP contribution in [0.2, 0.25) is 5.02 Å². The highest BCUT2D eigenvalue weighted by Crippen LogP contribution is 2.30. The molecule has 1 heterocycles. The lowest BCUT2D eigenvalue weighted by Crippen LogP contribution is -2.05. The maximum Gasteiger partial charge on any atom is 0.123 e. The molecule has 11 heavy (non-hydrogen) atoms. The predicted molar refractivity (Wildman–Crippen MR) is 45.2 cm³/mol. The summed E-state index contributed by atoms with van der Waals surface area (Å²) in [7, 11) is 0. The number of fused-ring (bicyclic) bond motifs is 1. The largest absolute Gasteiger partial charge is 0.490 e. The van der Waals surface area contributed by atoms with Crippen LogP contribution in [-0.2, 0) is 6.42 Å². The summed E-state index contributed by atoms with van der Waals surface area (Å²) in [5, 5.41) is 0.793. The molecule has 1 aromatic rings. The molecule has 0 spiro atoms. The first-order valence-electron chi connectivity index (χ1n) is 3.71. The second-order valence-corrected chi connectivity index (χ2v) is 3.32. The van der Waals surface area contributed by atoms with E-state index in [0.717, 1.165) is 17.2 Å².